The van der Waals surface area contributed by atoms with Gasteiger partial charge in [0.1, 0.15) is 0 Å². The Bertz CT molecular complexity index is 332. The first-order valence-corrected chi connectivity index (χ1v) is 6.13. The number of nitrogens with one attached hydrogen (secondary N) is 1. The standard InChI is InChI=1S/C12H22N4/c1-10(2)15-6-4-11(8-15)9-16-7-5-14-12(16)13-3/h5,7,10-11H,4,6,8-9H2,1-3H3,(H,13,14). The summed E-state index contributed by atoms with van der Waals surface area (Å²) in [5.41, 5.74) is 0. The summed E-state index contributed by atoms with van der Waals surface area (Å²) >= 11 is 0. The zero-order valence-corrected chi connectivity index (χ0v) is 10.5. The molecule has 1 unspecified atom stereocenters. The van der Waals surface area contributed by atoms with Crippen molar-refractivity contribution in [2.45, 2.75) is 32.9 Å². The van der Waals surface area contributed by atoms with Crippen molar-refractivity contribution < 1.29 is 0 Å². The van der Waals surface area contributed by atoms with Crippen LogP contribution in [0.25, 0.3) is 0 Å². The molecule has 1 fully saturated rings. The first-order valence-electron chi connectivity index (χ1n) is 6.13. The van der Waals surface area contributed by atoms with Crippen LogP contribution in [0.1, 0.15) is 20.3 Å². The third-order valence-corrected chi connectivity index (χ3v) is 3.44. The van der Waals surface area contributed by atoms with Gasteiger partial charge >= 0.3 is 0 Å². The van der Waals surface area contributed by atoms with Crippen molar-refractivity contribution in [1.29, 1.82) is 0 Å². The highest BCUT2D eigenvalue weighted by molar-refractivity contribution is 5.24. The van der Waals surface area contributed by atoms with E-state index in [-0.39, 0.29) is 0 Å². The third-order valence-electron chi connectivity index (χ3n) is 3.44. The van der Waals surface area contributed by atoms with Crippen LogP contribution in [0.5, 0.6) is 0 Å². The fourth-order valence-electron chi connectivity index (χ4n) is 2.44. The molecule has 1 aromatic heterocycles. The van der Waals surface area contributed by atoms with Crippen LogP contribution >= 0.6 is 0 Å². The maximum atomic E-state index is 4.27. The Hall–Kier alpha value is -1.03. The van der Waals surface area contributed by atoms with E-state index in [1.807, 2.05) is 13.2 Å². The minimum atomic E-state index is 0.677. The van der Waals surface area contributed by atoms with E-state index in [9.17, 15) is 0 Å². The number of hydrogen-bond donors (Lipinski definition) is 1. The maximum absolute atomic E-state index is 4.27. The summed E-state index contributed by atoms with van der Waals surface area (Å²) in [5, 5.41) is 3.12. The monoisotopic (exact) mass is 222 g/mol. The highest BCUT2D eigenvalue weighted by Crippen LogP contribution is 2.21. The minimum absolute atomic E-state index is 0.677. The second-order valence-electron chi connectivity index (χ2n) is 4.90. The second-order valence-corrected chi connectivity index (χ2v) is 4.90. The highest BCUT2D eigenvalue weighted by atomic mass is 15.2. The second kappa shape index (κ2) is 4.87. The highest BCUT2D eigenvalue weighted by Gasteiger charge is 2.24. The van der Waals surface area contributed by atoms with Crippen molar-refractivity contribution in [1.82, 2.24) is 14.5 Å². The lowest BCUT2D eigenvalue weighted by molar-refractivity contribution is 0.261. The van der Waals surface area contributed by atoms with Gasteiger partial charge in [-0.15, -0.1) is 0 Å². The largest absolute Gasteiger partial charge is 0.359 e. The SMILES string of the molecule is CNc1nccn1CC1CCN(C(C)C)C1. The molecule has 4 nitrogen and oxygen atoms in total. The van der Waals surface area contributed by atoms with Gasteiger partial charge in [0.05, 0.1) is 0 Å². The normalized spacial score (nSPS) is 21.9. The Morgan fingerprint density at radius 1 is 1.56 bits per heavy atom. The zero-order chi connectivity index (χ0) is 11.5. The molecular formula is C12H22N4. The molecule has 1 saturated heterocycles. The molecule has 0 spiro atoms. The summed E-state index contributed by atoms with van der Waals surface area (Å²) in [6, 6.07) is 0.677. The molecule has 2 heterocycles. The third kappa shape index (κ3) is 2.38. The van der Waals surface area contributed by atoms with Gasteiger partial charge in [-0.2, -0.15) is 0 Å². The van der Waals surface area contributed by atoms with E-state index in [1.165, 1.54) is 19.5 Å². The van der Waals surface area contributed by atoms with E-state index in [0.29, 0.717) is 6.04 Å². The average Bonchev–Trinajstić information content (AvgIpc) is 2.87. The smallest absolute Gasteiger partial charge is 0.202 e. The molecule has 0 saturated carbocycles. The molecule has 1 aromatic rings. The van der Waals surface area contributed by atoms with Gasteiger partial charge in [-0.1, -0.05) is 0 Å². The van der Waals surface area contributed by atoms with E-state index in [4.69, 9.17) is 0 Å². The Morgan fingerprint density at radius 3 is 3.00 bits per heavy atom. The van der Waals surface area contributed by atoms with Crippen LogP contribution in [-0.4, -0.2) is 40.6 Å². The van der Waals surface area contributed by atoms with E-state index in [1.54, 1.807) is 0 Å². The summed E-state index contributed by atoms with van der Waals surface area (Å²) < 4.78 is 2.22. The van der Waals surface area contributed by atoms with Crippen LogP contribution < -0.4 is 5.32 Å². The average molecular weight is 222 g/mol. The van der Waals surface area contributed by atoms with Gasteiger partial charge in [-0.3, -0.25) is 0 Å². The summed E-state index contributed by atoms with van der Waals surface area (Å²) in [7, 11) is 1.92. The first-order chi connectivity index (χ1) is 7.70. The van der Waals surface area contributed by atoms with Gasteiger partial charge in [0.2, 0.25) is 5.95 Å². The molecular weight excluding hydrogens is 200 g/mol. The van der Waals surface area contributed by atoms with Crippen molar-refractivity contribution in [3.63, 3.8) is 0 Å². The quantitative estimate of drug-likeness (QED) is 0.841. The van der Waals surface area contributed by atoms with Gasteiger partial charge in [0.15, 0.2) is 0 Å². The zero-order valence-electron chi connectivity index (χ0n) is 10.5. The van der Waals surface area contributed by atoms with Crippen LogP contribution in [-0.2, 0) is 6.54 Å². The molecule has 0 amide bonds. The van der Waals surface area contributed by atoms with Crippen molar-refractivity contribution in [3.8, 4) is 0 Å². The Morgan fingerprint density at radius 2 is 2.38 bits per heavy atom. The van der Waals surface area contributed by atoms with Crippen LogP contribution in [0, 0.1) is 5.92 Å². The molecule has 0 aromatic carbocycles. The van der Waals surface area contributed by atoms with Crippen molar-refractivity contribution >= 4 is 5.95 Å². The number of hydrogen-bond acceptors (Lipinski definition) is 3. The van der Waals surface area contributed by atoms with E-state index < -0.39 is 0 Å². The molecule has 16 heavy (non-hydrogen) atoms. The fraction of sp³-hybridized carbons (Fsp3) is 0.750. The lowest BCUT2D eigenvalue weighted by Gasteiger charge is -2.20. The number of likely N-dealkylation sites (tertiary alicyclic amines) is 1. The molecule has 4 heteroatoms. The molecule has 1 aliphatic heterocycles. The molecule has 0 radical (unpaired) electrons. The van der Waals surface area contributed by atoms with Crippen molar-refractivity contribution in [2.75, 3.05) is 25.5 Å². The Kier molecular flexibility index (Phi) is 3.49. The molecule has 1 atom stereocenters. The van der Waals surface area contributed by atoms with E-state index in [2.05, 4.69) is 39.8 Å². The fourth-order valence-corrected chi connectivity index (χ4v) is 2.44. The van der Waals surface area contributed by atoms with E-state index in [0.717, 1.165) is 18.4 Å². The van der Waals surface area contributed by atoms with Gasteiger partial charge < -0.3 is 14.8 Å². The summed E-state index contributed by atoms with van der Waals surface area (Å²) in [4.78, 5) is 6.83. The van der Waals surface area contributed by atoms with Gasteiger partial charge in [0.25, 0.3) is 0 Å². The molecule has 2 rings (SSSR count). The number of rotatable bonds is 4. The maximum Gasteiger partial charge on any atom is 0.202 e. The van der Waals surface area contributed by atoms with Crippen molar-refractivity contribution in [3.05, 3.63) is 12.4 Å². The van der Waals surface area contributed by atoms with Gasteiger partial charge in [-0.05, 0) is 32.7 Å². The summed E-state index contributed by atoms with van der Waals surface area (Å²) in [6.45, 7) is 8.10. The molecule has 1 aliphatic rings. The first kappa shape index (κ1) is 11.5. The van der Waals surface area contributed by atoms with Crippen LogP contribution in [0.2, 0.25) is 0 Å². The van der Waals surface area contributed by atoms with Crippen LogP contribution in [0.15, 0.2) is 12.4 Å². The molecule has 1 N–H and O–H groups in total. The predicted molar refractivity (Wildman–Crippen MR) is 66.6 cm³/mol. The van der Waals surface area contributed by atoms with Gasteiger partial charge in [-0.25, -0.2) is 4.98 Å². The lowest BCUT2D eigenvalue weighted by Crippen LogP contribution is -2.28. The molecule has 0 aliphatic carbocycles. The van der Waals surface area contributed by atoms with E-state index >= 15 is 0 Å². The van der Waals surface area contributed by atoms with Crippen LogP contribution in [0.4, 0.5) is 5.95 Å². The number of anilines is 1. The van der Waals surface area contributed by atoms with Gasteiger partial charge in [0, 0.05) is 38.6 Å². The molecule has 0 bridgehead atoms. The number of aromatic nitrogens is 2. The molecule has 90 valence electrons. The predicted octanol–water partition coefficient (Wildman–Crippen LogP) is 1.66. The number of nitrogens with zero attached hydrogens (tertiary/aromatic N) is 3. The Balaban J connectivity index is 1.92. The number of imidazole rings is 1. The topological polar surface area (TPSA) is 33.1 Å². The minimum Gasteiger partial charge on any atom is -0.359 e. The summed E-state index contributed by atoms with van der Waals surface area (Å²) in [6.07, 6.45) is 5.23. The van der Waals surface area contributed by atoms with Crippen molar-refractivity contribution in [2.24, 2.45) is 5.92 Å². The lowest BCUT2D eigenvalue weighted by atomic mass is 10.1. The summed E-state index contributed by atoms with van der Waals surface area (Å²) in [5.74, 6) is 1.74. The Labute approximate surface area is 97.7 Å². The van der Waals surface area contributed by atoms with Crippen LogP contribution in [0.3, 0.4) is 0 Å².